The van der Waals surface area contributed by atoms with Crippen LogP contribution in [0.3, 0.4) is 0 Å². The summed E-state index contributed by atoms with van der Waals surface area (Å²) in [7, 11) is 4.30. The van der Waals surface area contributed by atoms with Crippen molar-refractivity contribution in [3.05, 3.63) is 114 Å². The molecule has 4 bridgehead atoms. The molecule has 2 fully saturated rings. The molecule has 0 aliphatic carbocycles. The van der Waals surface area contributed by atoms with Crippen LogP contribution in [0.1, 0.15) is 113 Å². The maximum absolute atomic E-state index is 11.3. The number of aromatic hydroxyl groups is 1. The van der Waals surface area contributed by atoms with Crippen LogP contribution in [0, 0.1) is 78.1 Å². The molecule has 18 heteroatoms. The predicted octanol–water partition coefficient (Wildman–Crippen LogP) is 7.73. The summed E-state index contributed by atoms with van der Waals surface area (Å²) in [6.07, 6.45) is 4.60. The van der Waals surface area contributed by atoms with Gasteiger partial charge >= 0.3 is 0 Å². The van der Waals surface area contributed by atoms with E-state index in [-0.39, 0.29) is 93.9 Å². The van der Waals surface area contributed by atoms with Gasteiger partial charge in [0.2, 0.25) is 16.4 Å². The number of piperazine rings is 2. The number of aliphatic hydroxyl groups is 2. The van der Waals surface area contributed by atoms with E-state index in [0.29, 0.717) is 48.0 Å². The maximum atomic E-state index is 11.3. The van der Waals surface area contributed by atoms with Crippen molar-refractivity contribution < 1.29 is 39.0 Å². The number of ether oxygens (including phenoxy) is 5. The monoisotopic (exact) mass is 1090 g/mol. The van der Waals surface area contributed by atoms with Crippen molar-refractivity contribution in [2.45, 2.75) is 155 Å². The van der Waals surface area contributed by atoms with Crippen molar-refractivity contribution >= 4 is 38.0 Å². The number of hydrogen-bond acceptors (Lipinski definition) is 16. The van der Waals surface area contributed by atoms with E-state index in [4.69, 9.17) is 39.4 Å². The van der Waals surface area contributed by atoms with Crippen molar-refractivity contribution in [2.75, 3.05) is 47.5 Å². The normalized spacial score (nSPS) is 27.3. The van der Waals surface area contributed by atoms with Gasteiger partial charge in [-0.3, -0.25) is 19.6 Å². The molecular formula is C59H76B2N6O8S2. The van der Waals surface area contributed by atoms with Crippen LogP contribution in [0.15, 0.2) is 24.8 Å². The molecule has 8 aliphatic heterocycles. The van der Waals surface area contributed by atoms with Crippen LogP contribution in [0.2, 0.25) is 13.6 Å². The Morgan fingerprint density at radius 1 is 0.675 bits per heavy atom. The highest BCUT2D eigenvalue weighted by molar-refractivity contribution is 8.06. The molecule has 77 heavy (non-hydrogen) atoms. The molecule has 2 unspecified atom stereocenters. The zero-order chi connectivity index (χ0) is 58.8. The summed E-state index contributed by atoms with van der Waals surface area (Å²) in [6.45, 7) is 24.6. The maximum Gasteiger partial charge on any atom is 0.231 e. The lowest BCUT2D eigenvalue weighted by molar-refractivity contribution is -0.0821. The van der Waals surface area contributed by atoms with E-state index >= 15 is 0 Å². The van der Waals surface area contributed by atoms with Crippen LogP contribution in [-0.2, 0) is 25.7 Å². The lowest BCUT2D eigenvalue weighted by Crippen LogP contribution is -2.68. The van der Waals surface area contributed by atoms with Gasteiger partial charge in [-0.2, -0.15) is 10.5 Å². The van der Waals surface area contributed by atoms with Gasteiger partial charge in [-0.25, -0.2) is 25.0 Å². The fraction of sp³-hybridized carbons (Fsp3) is 0.525. The quantitative estimate of drug-likeness (QED) is 0.0693. The number of nitriles is 2. The second-order valence-electron chi connectivity index (χ2n) is 21.7. The van der Waals surface area contributed by atoms with E-state index in [1.54, 1.807) is 19.7 Å². The highest BCUT2D eigenvalue weighted by Crippen LogP contribution is 2.59. The molecule has 8 heterocycles. The molecule has 0 spiro atoms. The highest BCUT2D eigenvalue weighted by atomic mass is 32.1. The summed E-state index contributed by atoms with van der Waals surface area (Å²) in [5, 5.41) is 42.5. The summed E-state index contributed by atoms with van der Waals surface area (Å²) in [5.41, 5.74) is 18.4. The standard InChI is InChI=1S/C30H35N3O4.C27H31N3O4.2CH5BS/c1-7-8-35-28-18(5)29-30(37-14-36-29)26-20(28)11-22-27-25-17(4)16(3)15(2)9-19(25)10-21(32(27)6)23(12-31)33(22)24(26)13-34;1-12-6-16-7-18-20(9-28)30-19(24(29(18)5)22(16)14(3)13(12)2)8-17-23(21(30)10-31)27-26(33-11-34-27)15(4)25(17)32;2*1-2-3/h7,9,21-24,27,34H,1,8,10-11,13-14H2,2-6H3;6,18-21,24,31-32H,7-8,10-11H2,1-5H3;2*2-3H,1H3/t21-,22?,23-,24-,27-;18-,19?,20-,21-,24-;;/m00../s1/i34T;31T;2*2D. The van der Waals surface area contributed by atoms with E-state index in [0.717, 1.165) is 46.4 Å². The number of aliphatic hydroxyl groups excluding tert-OH is 2. The van der Waals surface area contributed by atoms with E-state index < -0.39 is 12.1 Å². The molecule has 0 aromatic heterocycles. The number of fused-ring (bicyclic) bond motifs is 18. The summed E-state index contributed by atoms with van der Waals surface area (Å²) in [6, 6.07) is 8.47. The van der Waals surface area contributed by atoms with Gasteiger partial charge in [-0.15, -0.1) is 0 Å². The van der Waals surface area contributed by atoms with Gasteiger partial charge in [0, 0.05) is 57.5 Å². The van der Waals surface area contributed by atoms with Crippen molar-refractivity contribution in [3.63, 3.8) is 0 Å². The molecule has 3 N–H and O–H groups in total. The number of phenolic OH excluding ortho intramolecular Hbond substituents is 1. The van der Waals surface area contributed by atoms with Crippen LogP contribution in [-0.4, -0.2) is 137 Å². The first-order valence-corrected chi connectivity index (χ1v) is 27.8. The summed E-state index contributed by atoms with van der Waals surface area (Å²) in [4.78, 5) is 9.37. The fourth-order valence-electron chi connectivity index (χ4n) is 14.6. The molecule has 10 atom stereocenters. The predicted molar refractivity (Wildman–Crippen MR) is 310 cm³/mol. The van der Waals surface area contributed by atoms with E-state index in [2.05, 4.69) is 131 Å². The van der Waals surface area contributed by atoms with Gasteiger partial charge in [0.05, 0.1) is 49.5 Å². The van der Waals surface area contributed by atoms with Crippen LogP contribution < -0.4 is 23.7 Å². The van der Waals surface area contributed by atoms with Gasteiger partial charge in [-0.1, -0.05) is 38.4 Å². The fourth-order valence-corrected chi connectivity index (χ4v) is 14.6. The number of hydrogen-bond donors (Lipinski definition) is 5. The molecule has 4 aromatic rings. The number of thiol groups is 2. The van der Waals surface area contributed by atoms with Gasteiger partial charge < -0.3 is 39.0 Å². The average molecular weight is 1090 g/mol. The third-order valence-corrected chi connectivity index (χ3v) is 18.3. The van der Waals surface area contributed by atoms with Gasteiger partial charge in [0.15, 0.2) is 36.0 Å². The number of likely N-dealkylation sites (N-methyl/N-ethyl adjacent to an activating group) is 2. The molecule has 0 saturated carbocycles. The molecule has 0 radical (unpaired) electrons. The highest BCUT2D eigenvalue weighted by Gasteiger charge is 2.58. The SMILES string of the molecule is [2H]B(C)S.[2H]B(C)S.[3H]OC[C@H]1c2c(c(O)c(C)c3c2OCO3)CC2[C@H]3c4c(cc(C)c(C)c4C)C[C@@H]([C@H](C#N)N21)N3C.[3H]OC[C@H]1c2c(c(OCC=C)c(C)c3c2OCO3)CC2[C@H]3c4c(cc(C)c(C)c4C)C[C@@H]([C@H](C#N)N21)N3C. The van der Waals surface area contributed by atoms with Gasteiger partial charge in [0.1, 0.15) is 30.2 Å². The smallest absolute Gasteiger partial charge is 0.231 e. The molecule has 408 valence electrons. The summed E-state index contributed by atoms with van der Waals surface area (Å²) >= 11 is 7.27. The van der Waals surface area contributed by atoms with Crippen molar-refractivity contribution in [2.24, 2.45) is 0 Å². The first-order chi connectivity index (χ1) is 38.6. The van der Waals surface area contributed by atoms with Gasteiger partial charge in [-0.05, 0) is 153 Å². The third kappa shape index (κ3) is 8.89. The number of benzene rings is 4. The van der Waals surface area contributed by atoms with E-state index in [9.17, 15) is 15.6 Å². The number of aryl methyl sites for hydroxylation is 2. The Labute approximate surface area is 473 Å². The van der Waals surface area contributed by atoms with Gasteiger partial charge in [0.25, 0.3) is 0 Å². The largest absolute Gasteiger partial charge is 0.507 e. The molecule has 12 rings (SSSR count). The third-order valence-electron chi connectivity index (χ3n) is 18.3. The number of phenols is 1. The number of rotatable bonds is 7. The van der Waals surface area contributed by atoms with Crippen LogP contribution in [0.5, 0.6) is 34.5 Å². The van der Waals surface area contributed by atoms with Crippen LogP contribution in [0.25, 0.3) is 0 Å². The molecule has 8 aliphatic rings. The number of nitrogens with zero attached hydrogens (tertiary/aromatic N) is 6. The van der Waals surface area contributed by atoms with Crippen molar-refractivity contribution in [3.8, 4) is 46.6 Å². The Morgan fingerprint density at radius 3 is 1.52 bits per heavy atom. The minimum absolute atomic E-state index is 0.00861. The summed E-state index contributed by atoms with van der Waals surface area (Å²) in [5.74, 6) is 3.51. The Bertz CT molecular complexity index is 3190. The molecule has 0 amide bonds. The lowest BCUT2D eigenvalue weighted by Gasteiger charge is -2.60. The first-order valence-electron chi connectivity index (χ1n) is 28.7. The zero-order valence-corrected chi connectivity index (χ0v) is 48.4. The van der Waals surface area contributed by atoms with E-state index in [1.165, 1.54) is 55.6 Å². The minimum Gasteiger partial charge on any atom is -0.507 e. The molecule has 2 saturated heterocycles. The van der Waals surface area contributed by atoms with E-state index in [1.807, 2.05) is 13.8 Å². The lowest BCUT2D eigenvalue weighted by atomic mass is 9.70. The molecule has 14 nitrogen and oxygen atoms in total. The van der Waals surface area contributed by atoms with Crippen molar-refractivity contribution in [1.82, 2.24) is 19.6 Å². The first kappa shape index (κ1) is 51.4. The topological polar surface area (TPSA) is 167 Å². The Morgan fingerprint density at radius 2 is 1.09 bits per heavy atom. The van der Waals surface area contributed by atoms with Crippen LogP contribution in [0.4, 0.5) is 0 Å². The van der Waals surface area contributed by atoms with Crippen LogP contribution >= 0.6 is 25.0 Å². The Kier molecular flexibility index (Phi) is 15.1. The summed E-state index contributed by atoms with van der Waals surface area (Å²) < 4.78 is 58.2. The second-order valence-corrected chi connectivity index (χ2v) is 22.7. The molecular weight excluding hydrogens is 1010 g/mol. The average Bonchev–Trinajstić information content (AvgIpc) is 4.25. The Balaban J connectivity index is 0.000000173. The second kappa shape index (κ2) is 22.6. The minimum atomic E-state index is -0.403. The zero-order valence-electron chi connectivity index (χ0n) is 50.6. The Hall–Kier alpha value is -5.01. The van der Waals surface area contributed by atoms with Crippen molar-refractivity contribution in [1.29, 1.82) is 16.1 Å². The molecule has 4 aromatic carbocycles.